The van der Waals surface area contributed by atoms with Gasteiger partial charge in [0.15, 0.2) is 0 Å². The first-order valence-corrected chi connectivity index (χ1v) is 7.61. The van der Waals surface area contributed by atoms with Gasteiger partial charge in [-0.05, 0) is 36.9 Å². The van der Waals surface area contributed by atoms with Gasteiger partial charge in [-0.25, -0.2) is 0 Å². The van der Waals surface area contributed by atoms with Gasteiger partial charge >= 0.3 is 0 Å². The van der Waals surface area contributed by atoms with Crippen molar-refractivity contribution in [3.63, 3.8) is 0 Å². The predicted molar refractivity (Wildman–Crippen MR) is 65.3 cm³/mol. The van der Waals surface area contributed by atoms with Crippen LogP contribution in [0, 0.1) is 0 Å². The van der Waals surface area contributed by atoms with Gasteiger partial charge in [0, 0.05) is 0 Å². The summed E-state index contributed by atoms with van der Waals surface area (Å²) in [6, 6.07) is 11.0. The summed E-state index contributed by atoms with van der Waals surface area (Å²) in [4.78, 5) is 0. The van der Waals surface area contributed by atoms with Crippen molar-refractivity contribution in [2.24, 2.45) is 0 Å². The zero-order chi connectivity index (χ0) is 9.64. The molecule has 0 N–H and O–H groups in total. The molecule has 76 valence electrons. The molecule has 1 heteroatoms. The van der Waals surface area contributed by atoms with Crippen molar-refractivity contribution < 1.29 is 0 Å². The molecular formula is C13H19P. The summed E-state index contributed by atoms with van der Waals surface area (Å²) in [5.74, 6) is 0. The SMILES string of the molecule is c1ccc(CP2CCCCCC2)cc1. The van der Waals surface area contributed by atoms with Crippen LogP contribution in [0.5, 0.6) is 0 Å². The summed E-state index contributed by atoms with van der Waals surface area (Å²) in [5, 5.41) is 0. The fourth-order valence-corrected chi connectivity index (χ4v) is 4.74. The Balaban J connectivity index is 1.90. The Morgan fingerprint density at radius 1 is 0.857 bits per heavy atom. The molecule has 1 heterocycles. The predicted octanol–water partition coefficient (Wildman–Crippen LogP) is 4.24. The molecule has 14 heavy (non-hydrogen) atoms. The Morgan fingerprint density at radius 2 is 1.50 bits per heavy atom. The summed E-state index contributed by atoms with van der Waals surface area (Å²) in [6.45, 7) is 0. The molecule has 1 aromatic rings. The lowest BCUT2D eigenvalue weighted by Crippen LogP contribution is -1.90. The fraction of sp³-hybridized carbons (Fsp3) is 0.538. The smallest absolute Gasteiger partial charge is 0.00731 e. The second-order valence-electron chi connectivity index (χ2n) is 4.18. The largest absolute Gasteiger partial charge is 0.102 e. The van der Waals surface area contributed by atoms with Gasteiger partial charge in [0.2, 0.25) is 0 Å². The summed E-state index contributed by atoms with van der Waals surface area (Å²) >= 11 is 0. The Hall–Kier alpha value is -0.350. The number of rotatable bonds is 2. The summed E-state index contributed by atoms with van der Waals surface area (Å²) < 4.78 is 0. The maximum atomic E-state index is 2.28. The van der Waals surface area contributed by atoms with E-state index in [1.54, 1.807) is 5.56 Å². The molecule has 0 aliphatic carbocycles. The van der Waals surface area contributed by atoms with Gasteiger partial charge in [-0.3, -0.25) is 0 Å². The van der Waals surface area contributed by atoms with E-state index in [-0.39, 0.29) is 0 Å². The van der Waals surface area contributed by atoms with E-state index in [9.17, 15) is 0 Å². The number of benzene rings is 1. The quantitative estimate of drug-likeness (QED) is 0.635. The third-order valence-corrected chi connectivity index (χ3v) is 5.66. The first-order chi connectivity index (χ1) is 6.95. The summed E-state index contributed by atoms with van der Waals surface area (Å²) in [5.41, 5.74) is 1.56. The lowest BCUT2D eigenvalue weighted by atomic mass is 10.2. The van der Waals surface area contributed by atoms with Gasteiger partial charge in [-0.2, -0.15) is 0 Å². The first-order valence-electron chi connectivity index (χ1n) is 5.71. The highest BCUT2D eigenvalue weighted by atomic mass is 31.1. The van der Waals surface area contributed by atoms with Crippen LogP contribution in [0.1, 0.15) is 31.2 Å². The molecule has 1 saturated heterocycles. The van der Waals surface area contributed by atoms with Crippen LogP contribution in [0.3, 0.4) is 0 Å². The van der Waals surface area contributed by atoms with E-state index in [0.29, 0.717) is 7.92 Å². The zero-order valence-corrected chi connectivity index (χ0v) is 9.68. The van der Waals surface area contributed by atoms with Crippen molar-refractivity contribution in [1.82, 2.24) is 0 Å². The Kier molecular flexibility index (Phi) is 4.01. The lowest BCUT2D eigenvalue weighted by Gasteiger charge is -2.14. The van der Waals surface area contributed by atoms with Gasteiger partial charge < -0.3 is 0 Å². The van der Waals surface area contributed by atoms with E-state index in [1.165, 1.54) is 44.2 Å². The van der Waals surface area contributed by atoms with E-state index in [4.69, 9.17) is 0 Å². The third kappa shape index (κ3) is 3.10. The van der Waals surface area contributed by atoms with Gasteiger partial charge in [0.25, 0.3) is 0 Å². The van der Waals surface area contributed by atoms with E-state index < -0.39 is 0 Å². The Bertz CT molecular complexity index is 247. The second-order valence-corrected chi connectivity index (χ2v) is 6.73. The molecule has 0 amide bonds. The minimum atomic E-state index is 0.325. The molecule has 0 nitrogen and oxygen atoms in total. The van der Waals surface area contributed by atoms with Crippen LogP contribution in [-0.4, -0.2) is 12.3 Å². The van der Waals surface area contributed by atoms with Crippen LogP contribution in [0.25, 0.3) is 0 Å². The molecule has 0 spiro atoms. The standard InChI is InChI=1S/C13H19P/c1-2-7-11-14(10-6-1)12-13-8-4-3-5-9-13/h3-5,8-9H,1-2,6-7,10-12H2. The lowest BCUT2D eigenvalue weighted by molar-refractivity contribution is 0.726. The van der Waals surface area contributed by atoms with Crippen LogP contribution >= 0.6 is 7.92 Å². The Morgan fingerprint density at radius 3 is 2.14 bits per heavy atom. The molecule has 0 unspecified atom stereocenters. The van der Waals surface area contributed by atoms with Crippen molar-refractivity contribution in [3.05, 3.63) is 35.9 Å². The van der Waals surface area contributed by atoms with Crippen molar-refractivity contribution in [3.8, 4) is 0 Å². The van der Waals surface area contributed by atoms with Crippen LogP contribution in [-0.2, 0) is 6.16 Å². The van der Waals surface area contributed by atoms with Crippen LogP contribution in [0.15, 0.2) is 30.3 Å². The minimum Gasteiger partial charge on any atom is -0.102 e. The normalized spacial score (nSPS) is 19.1. The van der Waals surface area contributed by atoms with Crippen LogP contribution in [0.2, 0.25) is 0 Å². The molecule has 0 atom stereocenters. The van der Waals surface area contributed by atoms with Crippen LogP contribution in [0.4, 0.5) is 0 Å². The van der Waals surface area contributed by atoms with E-state index in [1.807, 2.05) is 0 Å². The van der Waals surface area contributed by atoms with Crippen LogP contribution < -0.4 is 0 Å². The number of hydrogen-bond donors (Lipinski definition) is 0. The van der Waals surface area contributed by atoms with E-state index >= 15 is 0 Å². The highest BCUT2D eigenvalue weighted by Crippen LogP contribution is 2.43. The zero-order valence-electron chi connectivity index (χ0n) is 8.78. The summed E-state index contributed by atoms with van der Waals surface area (Å²) in [7, 11) is 0.325. The summed E-state index contributed by atoms with van der Waals surface area (Å²) in [6.07, 6.45) is 10.3. The molecule has 0 bridgehead atoms. The second kappa shape index (κ2) is 5.51. The van der Waals surface area contributed by atoms with Crippen molar-refractivity contribution >= 4 is 7.92 Å². The molecular weight excluding hydrogens is 187 g/mol. The number of hydrogen-bond acceptors (Lipinski definition) is 0. The molecule has 1 fully saturated rings. The van der Waals surface area contributed by atoms with E-state index in [2.05, 4.69) is 30.3 Å². The topological polar surface area (TPSA) is 0 Å². The molecule has 0 radical (unpaired) electrons. The monoisotopic (exact) mass is 206 g/mol. The van der Waals surface area contributed by atoms with Gasteiger partial charge in [-0.1, -0.05) is 43.2 Å². The maximum absolute atomic E-state index is 2.28. The van der Waals surface area contributed by atoms with Crippen molar-refractivity contribution in [1.29, 1.82) is 0 Å². The average Bonchev–Trinajstić information content (AvgIpc) is 2.48. The molecule has 0 saturated carbocycles. The Labute approximate surface area is 88.5 Å². The fourth-order valence-electron chi connectivity index (χ4n) is 2.14. The first kappa shape index (κ1) is 10.2. The maximum Gasteiger partial charge on any atom is -0.00731 e. The van der Waals surface area contributed by atoms with Gasteiger partial charge in [0.1, 0.15) is 0 Å². The highest BCUT2D eigenvalue weighted by molar-refractivity contribution is 7.56. The van der Waals surface area contributed by atoms with Crippen molar-refractivity contribution in [2.45, 2.75) is 31.8 Å². The highest BCUT2D eigenvalue weighted by Gasteiger charge is 2.11. The molecule has 1 aliphatic heterocycles. The molecule has 2 rings (SSSR count). The molecule has 1 aliphatic rings. The molecule has 0 aromatic heterocycles. The van der Waals surface area contributed by atoms with Gasteiger partial charge in [0.05, 0.1) is 0 Å². The average molecular weight is 206 g/mol. The minimum absolute atomic E-state index is 0.325. The molecule has 1 aromatic carbocycles. The van der Waals surface area contributed by atoms with Crippen molar-refractivity contribution in [2.75, 3.05) is 12.3 Å². The van der Waals surface area contributed by atoms with Gasteiger partial charge in [-0.15, -0.1) is 7.92 Å². The van der Waals surface area contributed by atoms with E-state index in [0.717, 1.165) is 0 Å². The third-order valence-electron chi connectivity index (χ3n) is 2.95.